The van der Waals surface area contributed by atoms with Crippen molar-refractivity contribution in [2.24, 2.45) is 0 Å². The number of nitrogens with zero attached hydrogens (tertiary/aromatic N) is 4. The molecule has 0 amide bonds. The van der Waals surface area contributed by atoms with Crippen LogP contribution in [0.4, 0.5) is 9.39 Å². The number of esters is 2. The Morgan fingerprint density at radius 1 is 1.26 bits per heavy atom. The molecule has 0 unspecified atom stereocenters. The lowest BCUT2D eigenvalue weighted by atomic mass is 10.1. The first-order chi connectivity index (χ1) is 12.9. The van der Waals surface area contributed by atoms with Gasteiger partial charge in [0.1, 0.15) is 15.7 Å². The second kappa shape index (κ2) is 7.50. The summed E-state index contributed by atoms with van der Waals surface area (Å²) in [5.74, 6) is -1.59. The highest BCUT2D eigenvalue weighted by atomic mass is 32.1. The number of nitrogens with two attached hydrogens (primary N) is 1. The number of rotatable bonds is 5. The third-order valence-corrected chi connectivity index (χ3v) is 4.67. The minimum absolute atomic E-state index is 0.0486. The molecule has 0 spiro atoms. The molecule has 3 rings (SSSR count). The van der Waals surface area contributed by atoms with Gasteiger partial charge in [0.05, 0.1) is 26.3 Å². The maximum atomic E-state index is 13.4. The van der Waals surface area contributed by atoms with Crippen LogP contribution in [0, 0.1) is 5.82 Å². The summed E-state index contributed by atoms with van der Waals surface area (Å²) in [6.45, 7) is -0.0785. The van der Waals surface area contributed by atoms with Gasteiger partial charge in [-0.3, -0.25) is 0 Å². The maximum Gasteiger partial charge on any atom is 0.348 e. The number of ether oxygens (including phenoxy) is 2. The number of aromatic nitrogens is 4. The van der Waals surface area contributed by atoms with E-state index < -0.39 is 17.8 Å². The molecule has 0 aliphatic carbocycles. The third-order valence-electron chi connectivity index (χ3n) is 3.63. The lowest BCUT2D eigenvalue weighted by Gasteiger charge is -2.05. The summed E-state index contributed by atoms with van der Waals surface area (Å²) in [6.07, 6.45) is 0. The molecule has 0 bridgehead atoms. The molecule has 0 saturated heterocycles. The van der Waals surface area contributed by atoms with Gasteiger partial charge >= 0.3 is 11.9 Å². The van der Waals surface area contributed by atoms with Crippen LogP contribution in [0.3, 0.4) is 0 Å². The molecule has 0 aliphatic rings. The van der Waals surface area contributed by atoms with E-state index in [9.17, 15) is 14.0 Å². The normalized spacial score (nSPS) is 10.6. The van der Waals surface area contributed by atoms with Gasteiger partial charge in [-0.25, -0.2) is 14.0 Å². The monoisotopic (exact) mass is 391 g/mol. The minimum atomic E-state index is -0.695. The van der Waals surface area contributed by atoms with E-state index in [0.717, 1.165) is 11.3 Å². The highest BCUT2D eigenvalue weighted by Gasteiger charge is 2.28. The van der Waals surface area contributed by atoms with Crippen molar-refractivity contribution in [2.75, 3.05) is 20.0 Å². The lowest BCUT2D eigenvalue weighted by Crippen LogP contribution is -2.13. The molecule has 2 N–H and O–H groups in total. The van der Waals surface area contributed by atoms with Crippen molar-refractivity contribution in [2.45, 2.75) is 6.54 Å². The van der Waals surface area contributed by atoms with Crippen LogP contribution in [0.1, 0.15) is 25.6 Å². The van der Waals surface area contributed by atoms with Crippen molar-refractivity contribution in [3.8, 4) is 11.4 Å². The number of carbonyl (C=O) groups excluding carboxylic acids is 2. The molecule has 3 aromatic rings. The van der Waals surface area contributed by atoms with Gasteiger partial charge in [0.15, 0.2) is 0 Å². The molecule has 2 heterocycles. The Labute approximate surface area is 156 Å². The fraction of sp³-hybridized carbons (Fsp3) is 0.188. The van der Waals surface area contributed by atoms with E-state index in [0.29, 0.717) is 5.56 Å². The quantitative estimate of drug-likeness (QED) is 0.653. The van der Waals surface area contributed by atoms with Crippen molar-refractivity contribution in [1.82, 2.24) is 20.2 Å². The largest absolute Gasteiger partial charge is 0.465 e. The molecule has 0 saturated carbocycles. The number of hydrogen-bond donors (Lipinski definition) is 1. The second-order valence-corrected chi connectivity index (χ2v) is 6.34. The second-order valence-electron chi connectivity index (χ2n) is 5.29. The number of methoxy groups -OCH3 is 2. The minimum Gasteiger partial charge on any atom is -0.465 e. The van der Waals surface area contributed by atoms with Gasteiger partial charge in [-0.1, -0.05) is 12.1 Å². The molecule has 0 atom stereocenters. The zero-order valence-electron chi connectivity index (χ0n) is 14.3. The molecular formula is C16H14FN5O4S. The Morgan fingerprint density at radius 3 is 2.67 bits per heavy atom. The van der Waals surface area contributed by atoms with Crippen LogP contribution < -0.4 is 5.73 Å². The van der Waals surface area contributed by atoms with E-state index in [4.69, 9.17) is 15.2 Å². The zero-order chi connectivity index (χ0) is 19.6. The number of hydrogen-bond acceptors (Lipinski definition) is 9. The summed E-state index contributed by atoms with van der Waals surface area (Å²) in [5.41, 5.74) is 6.63. The molecule has 2 aromatic heterocycles. The summed E-state index contributed by atoms with van der Waals surface area (Å²) >= 11 is 0.905. The summed E-state index contributed by atoms with van der Waals surface area (Å²) in [7, 11) is 2.42. The van der Waals surface area contributed by atoms with Gasteiger partial charge in [0.25, 0.3) is 0 Å². The predicted octanol–water partition coefficient (Wildman–Crippen LogP) is 1.74. The average molecular weight is 391 g/mol. The maximum absolute atomic E-state index is 13.4. The number of tetrazole rings is 1. The van der Waals surface area contributed by atoms with Crippen LogP contribution in [0.25, 0.3) is 11.4 Å². The number of halogens is 1. The van der Waals surface area contributed by atoms with E-state index in [1.165, 1.54) is 37.2 Å². The summed E-state index contributed by atoms with van der Waals surface area (Å²) in [5, 5.41) is 12.0. The Bertz CT molecular complexity index is 1020. The number of carbonyl (C=O) groups is 2. The molecule has 140 valence electrons. The van der Waals surface area contributed by atoms with Crippen molar-refractivity contribution in [1.29, 1.82) is 0 Å². The van der Waals surface area contributed by atoms with Crippen LogP contribution in [0.5, 0.6) is 0 Å². The van der Waals surface area contributed by atoms with Gasteiger partial charge in [0, 0.05) is 11.1 Å². The van der Waals surface area contributed by atoms with Crippen LogP contribution in [0.2, 0.25) is 0 Å². The van der Waals surface area contributed by atoms with Crippen LogP contribution in [-0.2, 0) is 16.0 Å². The first-order valence-corrected chi connectivity index (χ1v) is 8.37. The van der Waals surface area contributed by atoms with Gasteiger partial charge < -0.3 is 15.2 Å². The first-order valence-electron chi connectivity index (χ1n) is 7.56. The van der Waals surface area contributed by atoms with Crippen LogP contribution >= 0.6 is 11.3 Å². The predicted molar refractivity (Wildman–Crippen MR) is 93.7 cm³/mol. The van der Waals surface area contributed by atoms with Crippen molar-refractivity contribution in [3.63, 3.8) is 0 Å². The zero-order valence-corrected chi connectivity index (χ0v) is 15.1. The Balaban J connectivity index is 2.00. The van der Waals surface area contributed by atoms with Gasteiger partial charge in [-0.05, 0) is 17.3 Å². The SMILES string of the molecule is COC(=O)c1sc(N)c(C(=O)OC)c1Cn1nnc(-c2cccc(F)c2)n1. The topological polar surface area (TPSA) is 122 Å². The molecule has 1 aromatic carbocycles. The Kier molecular flexibility index (Phi) is 5.12. The van der Waals surface area contributed by atoms with E-state index in [1.54, 1.807) is 6.07 Å². The summed E-state index contributed by atoms with van der Waals surface area (Å²) in [6, 6.07) is 5.72. The van der Waals surface area contributed by atoms with E-state index >= 15 is 0 Å². The molecule has 0 radical (unpaired) electrons. The van der Waals surface area contributed by atoms with E-state index in [-0.39, 0.29) is 33.4 Å². The standard InChI is InChI=1S/C16H14FN5O4S/c1-25-15(23)11-10(12(16(24)26-2)27-13(11)18)7-22-20-14(19-21-22)8-4-3-5-9(17)6-8/h3-6H,7,18H2,1-2H3. The summed E-state index contributed by atoms with van der Waals surface area (Å²) in [4.78, 5) is 25.4. The lowest BCUT2D eigenvalue weighted by molar-refractivity contribution is 0.0601. The van der Waals surface area contributed by atoms with Crippen LogP contribution in [-0.4, -0.2) is 46.4 Å². The average Bonchev–Trinajstić information content (AvgIpc) is 3.25. The van der Waals surface area contributed by atoms with Gasteiger partial charge in [0.2, 0.25) is 5.82 Å². The molecule has 11 heteroatoms. The fourth-order valence-corrected chi connectivity index (χ4v) is 3.40. The third kappa shape index (κ3) is 3.62. The molecular weight excluding hydrogens is 377 g/mol. The van der Waals surface area contributed by atoms with Crippen LogP contribution in [0.15, 0.2) is 24.3 Å². The summed E-state index contributed by atoms with van der Waals surface area (Å²) < 4.78 is 22.9. The number of benzene rings is 1. The van der Waals surface area contributed by atoms with Crippen molar-refractivity contribution >= 4 is 28.3 Å². The van der Waals surface area contributed by atoms with Crippen molar-refractivity contribution in [3.05, 3.63) is 46.1 Å². The number of nitrogen functional groups attached to an aromatic ring is 1. The molecule has 27 heavy (non-hydrogen) atoms. The number of thiophene rings is 1. The molecule has 9 nitrogen and oxygen atoms in total. The van der Waals surface area contributed by atoms with E-state index in [1.807, 2.05) is 0 Å². The first kappa shape index (κ1) is 18.5. The van der Waals surface area contributed by atoms with Gasteiger partial charge in [-0.2, -0.15) is 4.80 Å². The highest BCUT2D eigenvalue weighted by Crippen LogP contribution is 2.33. The van der Waals surface area contributed by atoms with Crippen molar-refractivity contribution < 1.29 is 23.5 Å². The molecule has 0 aliphatic heterocycles. The van der Waals surface area contributed by atoms with E-state index in [2.05, 4.69) is 15.4 Å². The highest BCUT2D eigenvalue weighted by molar-refractivity contribution is 7.18. The Morgan fingerprint density at radius 2 is 2.00 bits per heavy atom. The smallest absolute Gasteiger partial charge is 0.348 e. The Hall–Kier alpha value is -3.34. The van der Waals surface area contributed by atoms with Gasteiger partial charge in [-0.15, -0.1) is 21.5 Å². The molecule has 0 fully saturated rings. The fourth-order valence-electron chi connectivity index (χ4n) is 2.41. The number of anilines is 1.